The summed E-state index contributed by atoms with van der Waals surface area (Å²) in [4.78, 5) is 14.8. The Labute approximate surface area is 181 Å². The lowest BCUT2D eigenvalue weighted by Crippen LogP contribution is -2.34. The molecule has 1 aliphatic rings. The molecule has 0 N–H and O–H groups in total. The fraction of sp³-hybridized carbons (Fsp3) is 0.348. The molecule has 1 aromatic heterocycles. The number of fused-ring (bicyclic) bond motifs is 1. The van der Waals surface area contributed by atoms with E-state index in [9.17, 15) is 4.79 Å². The number of thioether (sulfide) groups is 1. The molecule has 0 saturated heterocycles. The van der Waals surface area contributed by atoms with Gasteiger partial charge in [0.05, 0.1) is 18.9 Å². The summed E-state index contributed by atoms with van der Waals surface area (Å²) in [5, 5.41) is 9.33. The first-order valence-corrected chi connectivity index (χ1v) is 11.1. The monoisotopic (exact) mass is 422 g/mol. The predicted molar refractivity (Wildman–Crippen MR) is 119 cm³/mol. The summed E-state index contributed by atoms with van der Waals surface area (Å²) >= 11 is 1.43. The molecule has 7 heteroatoms. The zero-order chi connectivity index (χ0) is 21.1. The third-order valence-corrected chi connectivity index (χ3v) is 6.71. The number of hydrogen-bond acceptors (Lipinski definition) is 5. The van der Waals surface area contributed by atoms with Crippen LogP contribution in [0, 0.1) is 0 Å². The first-order valence-electron chi connectivity index (χ1n) is 10.1. The van der Waals surface area contributed by atoms with Crippen LogP contribution in [-0.2, 0) is 18.3 Å². The second-order valence-corrected chi connectivity index (χ2v) is 8.44. The van der Waals surface area contributed by atoms with Gasteiger partial charge in [0.25, 0.3) is 0 Å². The van der Waals surface area contributed by atoms with Gasteiger partial charge >= 0.3 is 0 Å². The number of methoxy groups -OCH3 is 1. The first kappa shape index (κ1) is 20.5. The van der Waals surface area contributed by atoms with Crippen LogP contribution in [0.25, 0.3) is 11.4 Å². The molecule has 1 aliphatic carbocycles. The van der Waals surface area contributed by atoms with Crippen molar-refractivity contribution in [1.29, 1.82) is 0 Å². The topological polar surface area (TPSA) is 60.3 Å². The van der Waals surface area contributed by atoms with E-state index in [0.29, 0.717) is 5.75 Å². The average Bonchev–Trinajstić information content (AvgIpc) is 3.16. The number of aromatic nitrogens is 3. The predicted octanol–water partition coefficient (Wildman–Crippen LogP) is 4.12. The van der Waals surface area contributed by atoms with E-state index < -0.39 is 0 Å². The summed E-state index contributed by atoms with van der Waals surface area (Å²) in [5.41, 5.74) is 3.60. The molecule has 4 rings (SSSR count). The minimum absolute atomic E-state index is 0.107. The Hall–Kier alpha value is -2.80. The summed E-state index contributed by atoms with van der Waals surface area (Å²) in [6.07, 6.45) is 3.22. The van der Waals surface area contributed by atoms with Crippen LogP contribution in [0.1, 0.15) is 30.0 Å². The average molecular weight is 423 g/mol. The molecule has 156 valence electrons. The summed E-state index contributed by atoms with van der Waals surface area (Å²) in [7, 11) is 5.48. The minimum Gasteiger partial charge on any atom is -0.497 e. The fourth-order valence-electron chi connectivity index (χ4n) is 3.96. The van der Waals surface area contributed by atoms with Crippen molar-refractivity contribution in [1.82, 2.24) is 19.7 Å². The van der Waals surface area contributed by atoms with Crippen molar-refractivity contribution < 1.29 is 9.53 Å². The van der Waals surface area contributed by atoms with E-state index >= 15 is 0 Å². The molecule has 3 aromatic rings. The number of carbonyl (C=O) groups is 1. The van der Waals surface area contributed by atoms with Crippen molar-refractivity contribution >= 4 is 17.7 Å². The highest BCUT2D eigenvalue weighted by Gasteiger charge is 2.26. The van der Waals surface area contributed by atoms with Crippen LogP contribution in [0.2, 0.25) is 0 Å². The highest BCUT2D eigenvalue weighted by molar-refractivity contribution is 7.99. The molecule has 1 heterocycles. The Bertz CT molecular complexity index is 1030. The van der Waals surface area contributed by atoms with E-state index in [1.165, 1.54) is 22.9 Å². The molecule has 6 nitrogen and oxygen atoms in total. The third kappa shape index (κ3) is 4.07. The Balaban J connectivity index is 1.42. The number of nitrogens with zero attached hydrogens (tertiary/aromatic N) is 4. The number of aryl methyl sites for hydroxylation is 1. The summed E-state index contributed by atoms with van der Waals surface area (Å²) in [5.74, 6) is 2.01. The summed E-state index contributed by atoms with van der Waals surface area (Å²) in [6.45, 7) is 0. The molecule has 30 heavy (non-hydrogen) atoms. The van der Waals surface area contributed by atoms with E-state index in [2.05, 4.69) is 34.5 Å². The number of ether oxygens (including phenoxy) is 1. The van der Waals surface area contributed by atoms with Crippen LogP contribution < -0.4 is 4.74 Å². The van der Waals surface area contributed by atoms with Gasteiger partial charge in [-0.05, 0) is 54.7 Å². The van der Waals surface area contributed by atoms with Crippen molar-refractivity contribution in [3.05, 3.63) is 59.7 Å². The van der Waals surface area contributed by atoms with Gasteiger partial charge in [0.2, 0.25) is 5.91 Å². The maximum absolute atomic E-state index is 12.9. The van der Waals surface area contributed by atoms with Crippen molar-refractivity contribution in [3.63, 3.8) is 0 Å². The number of hydrogen-bond donors (Lipinski definition) is 0. The Kier molecular flexibility index (Phi) is 6.08. The Morgan fingerprint density at radius 2 is 1.97 bits per heavy atom. The van der Waals surface area contributed by atoms with E-state index in [1.807, 2.05) is 47.8 Å². The Morgan fingerprint density at radius 1 is 1.20 bits per heavy atom. The van der Waals surface area contributed by atoms with Crippen molar-refractivity contribution in [2.75, 3.05) is 19.9 Å². The van der Waals surface area contributed by atoms with Gasteiger partial charge < -0.3 is 14.2 Å². The largest absolute Gasteiger partial charge is 0.497 e. The van der Waals surface area contributed by atoms with Gasteiger partial charge in [-0.1, -0.05) is 36.0 Å². The van der Waals surface area contributed by atoms with Gasteiger partial charge in [0, 0.05) is 19.7 Å². The number of benzene rings is 2. The van der Waals surface area contributed by atoms with Crippen LogP contribution in [-0.4, -0.2) is 45.5 Å². The highest BCUT2D eigenvalue weighted by Crippen LogP contribution is 2.34. The quantitative estimate of drug-likeness (QED) is 0.559. The number of carbonyl (C=O) groups excluding carboxylic acids is 1. The van der Waals surface area contributed by atoms with Gasteiger partial charge in [-0.25, -0.2) is 0 Å². The molecule has 0 radical (unpaired) electrons. The molecule has 0 spiro atoms. The second-order valence-electron chi connectivity index (χ2n) is 7.49. The van der Waals surface area contributed by atoms with Gasteiger partial charge in [-0.15, -0.1) is 10.2 Å². The first-order chi connectivity index (χ1) is 14.6. The van der Waals surface area contributed by atoms with Gasteiger partial charge in [0.1, 0.15) is 5.75 Å². The van der Waals surface area contributed by atoms with Crippen LogP contribution in [0.3, 0.4) is 0 Å². The lowest BCUT2D eigenvalue weighted by Gasteiger charge is -2.33. The molecular formula is C23H26N4O2S. The van der Waals surface area contributed by atoms with Gasteiger partial charge in [-0.2, -0.15) is 0 Å². The lowest BCUT2D eigenvalue weighted by molar-refractivity contribution is -0.129. The SMILES string of the molecule is COc1ccc(-c2nnc(SCC(=O)N(C)[C@@H]3CCCc4ccccc43)n2C)cc1. The molecule has 1 amide bonds. The van der Waals surface area contributed by atoms with Crippen LogP contribution >= 0.6 is 11.8 Å². The van der Waals surface area contributed by atoms with Crippen molar-refractivity contribution in [3.8, 4) is 17.1 Å². The maximum atomic E-state index is 12.9. The minimum atomic E-state index is 0.107. The Morgan fingerprint density at radius 3 is 2.73 bits per heavy atom. The molecule has 0 bridgehead atoms. The zero-order valence-electron chi connectivity index (χ0n) is 17.5. The van der Waals surface area contributed by atoms with Crippen LogP contribution in [0.4, 0.5) is 0 Å². The molecule has 0 unspecified atom stereocenters. The van der Waals surface area contributed by atoms with Gasteiger partial charge in [0.15, 0.2) is 11.0 Å². The van der Waals surface area contributed by atoms with Crippen molar-refractivity contribution in [2.45, 2.75) is 30.5 Å². The highest BCUT2D eigenvalue weighted by atomic mass is 32.2. The van der Waals surface area contributed by atoms with E-state index in [4.69, 9.17) is 4.74 Å². The maximum Gasteiger partial charge on any atom is 0.233 e. The zero-order valence-corrected chi connectivity index (χ0v) is 18.4. The smallest absolute Gasteiger partial charge is 0.233 e. The number of amides is 1. The molecule has 0 fully saturated rings. The lowest BCUT2D eigenvalue weighted by atomic mass is 9.87. The number of rotatable bonds is 6. The van der Waals surface area contributed by atoms with E-state index in [-0.39, 0.29) is 11.9 Å². The molecular weight excluding hydrogens is 396 g/mol. The van der Waals surface area contributed by atoms with Gasteiger partial charge in [-0.3, -0.25) is 4.79 Å². The molecule has 0 saturated carbocycles. The second kappa shape index (κ2) is 8.92. The van der Waals surface area contributed by atoms with E-state index in [1.54, 1.807) is 7.11 Å². The van der Waals surface area contributed by atoms with Crippen LogP contribution in [0.15, 0.2) is 53.7 Å². The third-order valence-electron chi connectivity index (χ3n) is 5.71. The molecule has 0 aliphatic heterocycles. The van der Waals surface area contributed by atoms with E-state index in [0.717, 1.165) is 41.6 Å². The van der Waals surface area contributed by atoms with Crippen molar-refractivity contribution in [2.24, 2.45) is 7.05 Å². The normalized spacial score (nSPS) is 15.5. The standard InChI is InChI=1S/C23H26N4O2S/c1-26(20-10-6-8-16-7-4-5-9-19(16)20)21(28)15-30-23-25-24-22(27(23)2)17-11-13-18(29-3)14-12-17/h4-5,7,9,11-14,20H,6,8,10,15H2,1-3H3/t20-/m1/s1. The fourth-order valence-corrected chi connectivity index (χ4v) is 4.80. The molecule has 2 aromatic carbocycles. The summed E-state index contributed by atoms with van der Waals surface area (Å²) in [6, 6.07) is 16.3. The van der Waals surface area contributed by atoms with Crippen LogP contribution in [0.5, 0.6) is 5.75 Å². The molecule has 1 atom stereocenters. The summed E-state index contributed by atoms with van der Waals surface area (Å²) < 4.78 is 7.14.